The molecule has 0 saturated heterocycles. The van der Waals surface area contributed by atoms with Crippen molar-refractivity contribution in [3.8, 4) is 5.69 Å². The number of aryl methyl sites for hydroxylation is 1. The summed E-state index contributed by atoms with van der Waals surface area (Å²) in [5, 5.41) is 6.29. The second-order valence-electron chi connectivity index (χ2n) is 7.90. The minimum absolute atomic E-state index is 0.0816. The van der Waals surface area contributed by atoms with Gasteiger partial charge in [-0.3, -0.25) is 0 Å². The first-order valence-electron chi connectivity index (χ1n) is 10.4. The molecule has 0 radical (unpaired) electrons. The van der Waals surface area contributed by atoms with Gasteiger partial charge in [0.2, 0.25) is 0 Å². The van der Waals surface area contributed by atoms with E-state index >= 15 is 0 Å². The molecule has 0 N–H and O–H groups in total. The van der Waals surface area contributed by atoms with Crippen LogP contribution >= 0.6 is 23.2 Å². The predicted molar refractivity (Wildman–Crippen MR) is 132 cm³/mol. The molecule has 0 amide bonds. The number of hydrogen-bond donors (Lipinski definition) is 0. The molecule has 0 fully saturated rings. The quantitative estimate of drug-likeness (QED) is 0.320. The third-order valence-electron chi connectivity index (χ3n) is 5.95. The highest BCUT2D eigenvalue weighted by Crippen LogP contribution is 2.46. The van der Waals surface area contributed by atoms with Gasteiger partial charge >= 0.3 is 0 Å². The second-order valence-corrected chi connectivity index (χ2v) is 8.77. The van der Waals surface area contributed by atoms with E-state index in [2.05, 4.69) is 53.5 Å². The van der Waals surface area contributed by atoms with Gasteiger partial charge in [-0.15, -0.1) is 0 Å². The Bertz CT molecular complexity index is 1400. The lowest BCUT2D eigenvalue weighted by atomic mass is 9.92. The number of fused-ring (bicyclic) bond motifs is 4. The van der Waals surface area contributed by atoms with Crippen LogP contribution in [0.2, 0.25) is 10.0 Å². The molecule has 2 aliphatic heterocycles. The minimum Gasteiger partial charge on any atom is -0.314 e. The van der Waals surface area contributed by atoms with Crippen LogP contribution in [-0.4, -0.2) is 15.6 Å². The number of nitrogens with zero attached hydrogens (tertiary/aromatic N) is 4. The van der Waals surface area contributed by atoms with Crippen molar-refractivity contribution in [2.45, 2.75) is 13.0 Å². The average molecular weight is 457 g/mol. The summed E-state index contributed by atoms with van der Waals surface area (Å²) in [6.45, 7) is 2.04. The largest absolute Gasteiger partial charge is 0.314 e. The fourth-order valence-electron chi connectivity index (χ4n) is 4.49. The highest BCUT2D eigenvalue weighted by Gasteiger charge is 2.37. The van der Waals surface area contributed by atoms with E-state index in [1.54, 1.807) is 0 Å². The summed E-state index contributed by atoms with van der Waals surface area (Å²) >= 11 is 12.3. The Morgan fingerprint density at radius 3 is 2.25 bits per heavy atom. The van der Waals surface area contributed by atoms with E-state index in [-0.39, 0.29) is 6.04 Å². The van der Waals surface area contributed by atoms with Gasteiger partial charge < -0.3 is 4.90 Å². The first kappa shape index (κ1) is 19.4. The van der Waals surface area contributed by atoms with Crippen molar-refractivity contribution in [3.63, 3.8) is 0 Å². The van der Waals surface area contributed by atoms with Gasteiger partial charge in [0.1, 0.15) is 5.84 Å². The molecule has 3 heterocycles. The molecule has 4 aromatic rings. The number of para-hydroxylation sites is 1. The fourth-order valence-corrected chi connectivity index (χ4v) is 4.75. The fraction of sp³-hybridized carbons (Fsp3) is 0.0769. The Kier molecular flexibility index (Phi) is 4.46. The molecular weight excluding hydrogens is 439 g/mol. The molecule has 4 nitrogen and oxygen atoms in total. The van der Waals surface area contributed by atoms with Crippen molar-refractivity contribution in [1.82, 2.24) is 9.78 Å². The maximum Gasteiger partial charge on any atom is 0.163 e. The number of amidine groups is 1. The van der Waals surface area contributed by atoms with Gasteiger partial charge in [-0.25, -0.2) is 9.67 Å². The average Bonchev–Trinajstić information content (AvgIpc) is 3.14. The molecule has 32 heavy (non-hydrogen) atoms. The van der Waals surface area contributed by atoms with Crippen LogP contribution in [0, 0.1) is 6.92 Å². The first-order chi connectivity index (χ1) is 15.6. The molecule has 3 aromatic carbocycles. The SMILES string of the molecule is Cc1nn(-c2ccc(Cl)cc2)c2c1[C@H](c1ccc(Cl)cc1)N1C(=N2)C=Cc2ccccc21. The van der Waals surface area contributed by atoms with Crippen molar-refractivity contribution in [3.05, 3.63) is 111 Å². The van der Waals surface area contributed by atoms with Crippen molar-refractivity contribution < 1.29 is 0 Å². The molecule has 0 bridgehead atoms. The number of aliphatic imine (C=N–C) groups is 1. The third kappa shape index (κ3) is 2.99. The highest BCUT2D eigenvalue weighted by molar-refractivity contribution is 6.30. The summed E-state index contributed by atoms with van der Waals surface area (Å²) in [5.74, 6) is 1.71. The Hall–Kier alpha value is -3.34. The van der Waals surface area contributed by atoms with Gasteiger partial charge in [0, 0.05) is 15.6 Å². The Morgan fingerprint density at radius 1 is 0.812 bits per heavy atom. The molecule has 0 aliphatic carbocycles. The van der Waals surface area contributed by atoms with E-state index in [1.807, 2.05) is 48.0 Å². The van der Waals surface area contributed by atoms with Crippen LogP contribution in [-0.2, 0) is 0 Å². The molecule has 1 aromatic heterocycles. The molecule has 0 spiro atoms. The van der Waals surface area contributed by atoms with Crippen molar-refractivity contribution in [2.24, 2.45) is 4.99 Å². The van der Waals surface area contributed by atoms with Gasteiger partial charge in [-0.1, -0.05) is 53.5 Å². The second kappa shape index (κ2) is 7.37. The van der Waals surface area contributed by atoms with Gasteiger partial charge in [0.25, 0.3) is 0 Å². The first-order valence-corrected chi connectivity index (χ1v) is 11.1. The van der Waals surface area contributed by atoms with Gasteiger partial charge in [0.05, 0.1) is 23.1 Å². The molecule has 0 saturated carbocycles. The molecule has 6 rings (SSSR count). The van der Waals surface area contributed by atoms with Crippen LogP contribution in [0.3, 0.4) is 0 Å². The number of anilines is 1. The lowest BCUT2D eigenvalue weighted by Gasteiger charge is -2.39. The topological polar surface area (TPSA) is 33.4 Å². The van der Waals surface area contributed by atoms with E-state index in [4.69, 9.17) is 33.3 Å². The van der Waals surface area contributed by atoms with Crippen molar-refractivity contribution in [1.29, 1.82) is 0 Å². The summed E-state index contributed by atoms with van der Waals surface area (Å²) < 4.78 is 1.91. The summed E-state index contributed by atoms with van der Waals surface area (Å²) in [6.07, 6.45) is 4.19. The zero-order valence-corrected chi connectivity index (χ0v) is 18.7. The van der Waals surface area contributed by atoms with Gasteiger partial charge in [-0.05, 0) is 72.7 Å². The minimum atomic E-state index is -0.0816. The normalized spacial score (nSPS) is 16.3. The van der Waals surface area contributed by atoms with Gasteiger partial charge in [-0.2, -0.15) is 5.10 Å². The van der Waals surface area contributed by atoms with Crippen LogP contribution in [0.1, 0.15) is 28.4 Å². The lowest BCUT2D eigenvalue weighted by molar-refractivity contribution is 0.813. The summed E-state index contributed by atoms with van der Waals surface area (Å²) in [4.78, 5) is 7.37. The zero-order chi connectivity index (χ0) is 21.8. The number of aromatic nitrogens is 2. The summed E-state index contributed by atoms with van der Waals surface area (Å²) in [6, 6.07) is 24.0. The maximum atomic E-state index is 6.22. The van der Waals surface area contributed by atoms with E-state index in [9.17, 15) is 0 Å². The number of benzene rings is 3. The number of halogens is 2. The molecule has 6 heteroatoms. The van der Waals surface area contributed by atoms with Crippen LogP contribution in [0.4, 0.5) is 11.5 Å². The Morgan fingerprint density at radius 2 is 1.50 bits per heavy atom. The molecule has 0 unspecified atom stereocenters. The summed E-state index contributed by atoms with van der Waals surface area (Å²) in [7, 11) is 0. The van der Waals surface area contributed by atoms with E-state index in [0.717, 1.165) is 45.4 Å². The third-order valence-corrected chi connectivity index (χ3v) is 6.45. The van der Waals surface area contributed by atoms with Crippen LogP contribution < -0.4 is 4.90 Å². The zero-order valence-electron chi connectivity index (χ0n) is 17.2. The molecule has 2 aliphatic rings. The highest BCUT2D eigenvalue weighted by atomic mass is 35.5. The van der Waals surface area contributed by atoms with Gasteiger partial charge in [0.15, 0.2) is 5.82 Å². The number of hydrogen-bond acceptors (Lipinski definition) is 3. The monoisotopic (exact) mass is 456 g/mol. The van der Waals surface area contributed by atoms with Crippen LogP contribution in [0.15, 0.2) is 83.9 Å². The molecule has 156 valence electrons. The Labute approximate surface area is 196 Å². The number of rotatable bonds is 2. The van der Waals surface area contributed by atoms with E-state index < -0.39 is 0 Å². The smallest absolute Gasteiger partial charge is 0.163 e. The standard InChI is InChI=1S/C26H18Cl2N4/c1-16-24-25(18-6-9-19(27)10-7-18)31-22-5-3-2-4-17(22)8-15-23(31)29-26(24)32(30-16)21-13-11-20(28)12-14-21/h2-15,25H,1H3/t25-/m0/s1. The Balaban J connectivity index is 1.62. The lowest BCUT2D eigenvalue weighted by Crippen LogP contribution is -2.38. The van der Waals surface area contributed by atoms with Crippen molar-refractivity contribution >= 4 is 46.6 Å². The van der Waals surface area contributed by atoms with E-state index in [0.29, 0.717) is 10.0 Å². The molecular formula is C26H18Cl2N4. The molecule has 1 atom stereocenters. The van der Waals surface area contributed by atoms with Crippen LogP contribution in [0.5, 0.6) is 0 Å². The van der Waals surface area contributed by atoms with E-state index in [1.165, 1.54) is 0 Å². The van der Waals surface area contributed by atoms with Crippen molar-refractivity contribution in [2.75, 3.05) is 4.90 Å². The summed E-state index contributed by atoms with van der Waals surface area (Å²) in [5.41, 5.74) is 6.36. The predicted octanol–water partition coefficient (Wildman–Crippen LogP) is 7.15. The maximum absolute atomic E-state index is 6.22. The van der Waals surface area contributed by atoms with Crippen LogP contribution in [0.25, 0.3) is 11.8 Å².